The highest BCUT2D eigenvalue weighted by Gasteiger charge is 2.31. The number of halogens is 1. The van der Waals surface area contributed by atoms with Gasteiger partial charge in [0.2, 0.25) is 0 Å². The first-order valence-electron chi connectivity index (χ1n) is 9.88. The van der Waals surface area contributed by atoms with Crippen LogP contribution >= 0.6 is 0 Å². The molecule has 30 heavy (non-hydrogen) atoms. The number of aromatic nitrogens is 3. The van der Waals surface area contributed by atoms with Crippen molar-refractivity contribution in [2.45, 2.75) is 26.7 Å². The van der Waals surface area contributed by atoms with Crippen LogP contribution in [-0.4, -0.2) is 51.4 Å². The molecule has 1 fully saturated rings. The number of nitrogens with zero attached hydrogens (tertiary/aromatic N) is 4. The van der Waals surface area contributed by atoms with Crippen LogP contribution in [0, 0.1) is 25.6 Å². The van der Waals surface area contributed by atoms with E-state index < -0.39 is 5.82 Å². The molecule has 0 radical (unpaired) electrons. The number of fused-ring (bicyclic) bond motifs is 1. The predicted octanol–water partition coefficient (Wildman–Crippen LogP) is 3.23. The summed E-state index contributed by atoms with van der Waals surface area (Å²) in [5.74, 6) is -1.25. The van der Waals surface area contributed by atoms with Crippen LogP contribution in [-0.2, 0) is 0 Å². The van der Waals surface area contributed by atoms with Gasteiger partial charge in [-0.05, 0) is 51.0 Å². The van der Waals surface area contributed by atoms with Gasteiger partial charge in [0.1, 0.15) is 0 Å². The van der Waals surface area contributed by atoms with Crippen LogP contribution in [0.2, 0.25) is 0 Å². The van der Waals surface area contributed by atoms with E-state index in [1.807, 2.05) is 19.9 Å². The molecule has 0 saturated carbocycles. The van der Waals surface area contributed by atoms with Gasteiger partial charge in [0.15, 0.2) is 28.7 Å². The molecule has 0 spiro atoms. The van der Waals surface area contributed by atoms with Crippen molar-refractivity contribution >= 4 is 17.3 Å². The number of Topliss-reactive ketones (excluding diaryl/α,β-unsaturated/α-hetero) is 1. The fraction of sp³-hybridized carbons (Fsp3) is 0.364. The molecule has 3 heterocycles. The second kappa shape index (κ2) is 7.85. The van der Waals surface area contributed by atoms with Crippen LogP contribution in [0.1, 0.15) is 45.1 Å². The molecular formula is C22H23FN4O3. The molecule has 2 aromatic heterocycles. The lowest BCUT2D eigenvalue weighted by molar-refractivity contribution is 0.0631. The minimum absolute atomic E-state index is 0.0954. The van der Waals surface area contributed by atoms with Crippen molar-refractivity contribution in [2.75, 3.05) is 20.2 Å². The Morgan fingerprint density at radius 2 is 2.00 bits per heavy atom. The Hall–Kier alpha value is -3.29. The van der Waals surface area contributed by atoms with E-state index in [1.54, 1.807) is 21.5 Å². The summed E-state index contributed by atoms with van der Waals surface area (Å²) in [5.41, 5.74) is 2.96. The lowest BCUT2D eigenvalue weighted by atomic mass is 9.89. The van der Waals surface area contributed by atoms with Gasteiger partial charge in [0, 0.05) is 42.0 Å². The van der Waals surface area contributed by atoms with Crippen molar-refractivity contribution in [2.24, 2.45) is 5.92 Å². The van der Waals surface area contributed by atoms with Crippen LogP contribution < -0.4 is 4.74 Å². The quantitative estimate of drug-likeness (QED) is 0.617. The predicted molar refractivity (Wildman–Crippen MR) is 108 cm³/mol. The summed E-state index contributed by atoms with van der Waals surface area (Å²) in [6.07, 6.45) is 1.35. The van der Waals surface area contributed by atoms with Gasteiger partial charge in [-0.3, -0.25) is 9.59 Å². The second-order valence-electron chi connectivity index (χ2n) is 7.64. The Bertz CT molecular complexity index is 1140. The van der Waals surface area contributed by atoms with Crippen LogP contribution in [0.5, 0.6) is 5.75 Å². The number of piperidine rings is 1. The number of methoxy groups -OCH3 is 1. The zero-order chi connectivity index (χ0) is 21.4. The van der Waals surface area contributed by atoms with Gasteiger partial charge in [-0.2, -0.15) is 5.10 Å². The topological polar surface area (TPSA) is 76.8 Å². The van der Waals surface area contributed by atoms with Crippen molar-refractivity contribution in [3.8, 4) is 5.75 Å². The first-order valence-corrected chi connectivity index (χ1v) is 9.88. The molecule has 1 saturated heterocycles. The van der Waals surface area contributed by atoms with Gasteiger partial charge in [0.05, 0.1) is 7.11 Å². The first kappa shape index (κ1) is 20.0. The molecule has 8 heteroatoms. The Labute approximate surface area is 173 Å². The lowest BCUT2D eigenvalue weighted by Crippen LogP contribution is -2.42. The molecular weight excluding hydrogens is 387 g/mol. The standard InChI is InChI=1S/C22H23FN4O3/c1-13-9-14(2)27-20(24-13)11-18(25-27)22(29)26-8-4-5-16(12-26)21(28)15-6-7-19(30-3)17(23)10-15/h6-7,9-11,16H,4-5,8,12H2,1-3H3/t16-/m0/s1. The van der Waals surface area contributed by atoms with E-state index in [0.29, 0.717) is 30.7 Å². The van der Waals surface area contributed by atoms with Crippen molar-refractivity contribution in [1.82, 2.24) is 19.5 Å². The molecule has 1 aromatic carbocycles. The molecule has 0 N–H and O–H groups in total. The van der Waals surface area contributed by atoms with Crippen LogP contribution in [0.25, 0.3) is 5.65 Å². The Morgan fingerprint density at radius 3 is 2.73 bits per heavy atom. The van der Waals surface area contributed by atoms with Crippen molar-refractivity contribution in [3.05, 3.63) is 58.8 Å². The summed E-state index contributed by atoms with van der Waals surface area (Å²) < 4.78 is 20.6. The highest BCUT2D eigenvalue weighted by Crippen LogP contribution is 2.25. The number of likely N-dealkylation sites (tertiary alicyclic amines) is 1. The van der Waals surface area contributed by atoms with Crippen molar-refractivity contribution in [1.29, 1.82) is 0 Å². The maximum atomic E-state index is 14.0. The summed E-state index contributed by atoms with van der Waals surface area (Å²) in [6, 6.07) is 7.78. The molecule has 3 aromatic rings. The van der Waals surface area contributed by atoms with Crippen molar-refractivity contribution in [3.63, 3.8) is 0 Å². The summed E-state index contributed by atoms with van der Waals surface area (Å²) in [7, 11) is 1.38. The molecule has 1 atom stereocenters. The number of ketones is 1. The maximum absolute atomic E-state index is 14.0. The molecule has 0 aliphatic carbocycles. The molecule has 1 aliphatic rings. The highest BCUT2D eigenvalue weighted by molar-refractivity contribution is 5.99. The number of hydrogen-bond acceptors (Lipinski definition) is 5. The minimum atomic E-state index is -0.574. The summed E-state index contributed by atoms with van der Waals surface area (Å²) >= 11 is 0. The van der Waals surface area contributed by atoms with Gasteiger partial charge >= 0.3 is 0 Å². The van der Waals surface area contributed by atoms with Gasteiger partial charge in [-0.1, -0.05) is 0 Å². The normalized spacial score (nSPS) is 16.7. The molecule has 4 rings (SSSR count). The fourth-order valence-corrected chi connectivity index (χ4v) is 3.98. The second-order valence-corrected chi connectivity index (χ2v) is 7.64. The smallest absolute Gasteiger partial charge is 0.274 e. The third-order valence-electron chi connectivity index (χ3n) is 5.47. The van der Waals surface area contributed by atoms with Crippen LogP contribution in [0.3, 0.4) is 0 Å². The summed E-state index contributed by atoms with van der Waals surface area (Å²) in [4.78, 5) is 32.0. The van der Waals surface area contributed by atoms with E-state index in [2.05, 4.69) is 10.1 Å². The van der Waals surface area contributed by atoms with E-state index in [-0.39, 0.29) is 35.5 Å². The zero-order valence-corrected chi connectivity index (χ0v) is 17.2. The zero-order valence-electron chi connectivity index (χ0n) is 17.2. The third kappa shape index (κ3) is 3.65. The minimum Gasteiger partial charge on any atom is -0.494 e. The number of carbonyl (C=O) groups is 2. The molecule has 0 unspecified atom stereocenters. The first-order chi connectivity index (χ1) is 14.4. The van der Waals surface area contributed by atoms with Gasteiger partial charge in [-0.15, -0.1) is 0 Å². The Kier molecular flexibility index (Phi) is 5.24. The van der Waals surface area contributed by atoms with Crippen molar-refractivity contribution < 1.29 is 18.7 Å². The highest BCUT2D eigenvalue weighted by atomic mass is 19.1. The number of ether oxygens (including phenoxy) is 1. The summed E-state index contributed by atoms with van der Waals surface area (Å²) in [5, 5.41) is 4.40. The average molecular weight is 410 g/mol. The Balaban J connectivity index is 1.53. The largest absolute Gasteiger partial charge is 0.494 e. The number of rotatable bonds is 4. The number of benzene rings is 1. The molecule has 1 aliphatic heterocycles. The SMILES string of the molecule is COc1ccc(C(=O)[C@H]2CCCN(C(=O)c3cc4nc(C)cc(C)n4n3)C2)cc1F. The molecule has 7 nitrogen and oxygen atoms in total. The number of aryl methyl sites for hydroxylation is 2. The van der Waals surface area contributed by atoms with E-state index >= 15 is 0 Å². The lowest BCUT2D eigenvalue weighted by Gasteiger charge is -2.31. The molecule has 156 valence electrons. The van der Waals surface area contributed by atoms with E-state index in [1.165, 1.54) is 19.2 Å². The summed E-state index contributed by atoms with van der Waals surface area (Å²) in [6.45, 7) is 4.64. The number of carbonyl (C=O) groups excluding carboxylic acids is 2. The monoisotopic (exact) mass is 410 g/mol. The average Bonchev–Trinajstić information content (AvgIpc) is 3.17. The number of amides is 1. The molecule has 0 bridgehead atoms. The maximum Gasteiger partial charge on any atom is 0.274 e. The van der Waals surface area contributed by atoms with E-state index in [9.17, 15) is 14.0 Å². The fourth-order valence-electron chi connectivity index (χ4n) is 3.98. The van der Waals surface area contributed by atoms with Crippen LogP contribution in [0.4, 0.5) is 4.39 Å². The van der Waals surface area contributed by atoms with Crippen LogP contribution in [0.15, 0.2) is 30.3 Å². The Morgan fingerprint density at radius 1 is 1.20 bits per heavy atom. The van der Waals surface area contributed by atoms with Gasteiger partial charge in [0.25, 0.3) is 5.91 Å². The van der Waals surface area contributed by atoms with E-state index in [0.717, 1.165) is 11.4 Å². The van der Waals surface area contributed by atoms with E-state index in [4.69, 9.17) is 4.74 Å². The number of hydrogen-bond donors (Lipinski definition) is 0. The molecule has 1 amide bonds. The third-order valence-corrected chi connectivity index (χ3v) is 5.47. The van der Waals surface area contributed by atoms with Gasteiger partial charge in [-0.25, -0.2) is 13.9 Å². The van der Waals surface area contributed by atoms with Gasteiger partial charge < -0.3 is 9.64 Å².